The molecular weight excluding hydrogens is 254 g/mol. The highest BCUT2D eigenvalue weighted by atomic mass is 32.1. The van der Waals surface area contributed by atoms with Gasteiger partial charge in [-0.15, -0.1) is 11.3 Å². The number of rotatable bonds is 5. The Morgan fingerprint density at radius 1 is 1.37 bits per heavy atom. The fourth-order valence-electron chi connectivity index (χ4n) is 2.72. The van der Waals surface area contributed by atoms with Crippen LogP contribution in [0.1, 0.15) is 24.8 Å². The molecule has 0 spiro atoms. The van der Waals surface area contributed by atoms with Crippen LogP contribution in [0.3, 0.4) is 0 Å². The van der Waals surface area contributed by atoms with Gasteiger partial charge in [0.1, 0.15) is 0 Å². The summed E-state index contributed by atoms with van der Waals surface area (Å²) in [6.45, 7) is 9.20. The van der Waals surface area contributed by atoms with Crippen LogP contribution in [0.5, 0.6) is 0 Å². The van der Waals surface area contributed by atoms with E-state index in [1.807, 2.05) is 11.3 Å². The van der Waals surface area contributed by atoms with Gasteiger partial charge in [-0.25, -0.2) is 0 Å². The van der Waals surface area contributed by atoms with Crippen LogP contribution in [0.25, 0.3) is 0 Å². The lowest BCUT2D eigenvalue weighted by Gasteiger charge is -2.38. The van der Waals surface area contributed by atoms with E-state index in [4.69, 9.17) is 0 Å². The Morgan fingerprint density at radius 3 is 2.79 bits per heavy atom. The third kappa shape index (κ3) is 4.02. The Kier molecular flexibility index (Phi) is 5.39. The van der Waals surface area contributed by atoms with Crippen molar-refractivity contribution in [3.8, 4) is 0 Å². The molecule has 1 aliphatic rings. The SMILES string of the molecule is CC(C)C(NCC1CN(C)CCN1C)c1cccs1. The molecule has 1 aromatic rings. The molecule has 2 unspecified atom stereocenters. The molecular formula is C15H27N3S. The lowest BCUT2D eigenvalue weighted by Crippen LogP contribution is -2.54. The Hall–Kier alpha value is -0.420. The largest absolute Gasteiger partial charge is 0.307 e. The predicted octanol–water partition coefficient (Wildman–Crippen LogP) is 2.28. The summed E-state index contributed by atoms with van der Waals surface area (Å²) in [5.74, 6) is 0.630. The summed E-state index contributed by atoms with van der Waals surface area (Å²) >= 11 is 1.86. The Balaban J connectivity index is 1.91. The minimum atomic E-state index is 0.487. The van der Waals surface area contributed by atoms with E-state index in [1.54, 1.807) is 0 Å². The average Bonchev–Trinajstić information content (AvgIpc) is 2.87. The standard InChI is InChI=1S/C15H27N3S/c1-12(2)15(14-6-5-9-19-14)16-10-13-11-17(3)7-8-18(13)4/h5-6,9,12-13,15-16H,7-8,10-11H2,1-4H3. The van der Waals surface area contributed by atoms with Crippen molar-refractivity contribution in [3.63, 3.8) is 0 Å². The van der Waals surface area contributed by atoms with Gasteiger partial charge in [-0.1, -0.05) is 19.9 Å². The molecule has 1 saturated heterocycles. The molecule has 108 valence electrons. The molecule has 0 radical (unpaired) electrons. The van der Waals surface area contributed by atoms with Gasteiger partial charge in [0.25, 0.3) is 0 Å². The number of piperazine rings is 1. The van der Waals surface area contributed by atoms with Crippen molar-refractivity contribution in [3.05, 3.63) is 22.4 Å². The first-order valence-electron chi connectivity index (χ1n) is 7.23. The number of likely N-dealkylation sites (N-methyl/N-ethyl adjacent to an activating group) is 2. The fraction of sp³-hybridized carbons (Fsp3) is 0.733. The fourth-order valence-corrected chi connectivity index (χ4v) is 3.69. The van der Waals surface area contributed by atoms with Gasteiger partial charge in [-0.2, -0.15) is 0 Å². The van der Waals surface area contributed by atoms with E-state index < -0.39 is 0 Å². The molecule has 1 aliphatic heterocycles. The van der Waals surface area contributed by atoms with E-state index in [-0.39, 0.29) is 0 Å². The van der Waals surface area contributed by atoms with Crippen LogP contribution < -0.4 is 5.32 Å². The van der Waals surface area contributed by atoms with E-state index >= 15 is 0 Å². The van der Waals surface area contributed by atoms with Crippen molar-refractivity contribution >= 4 is 11.3 Å². The molecule has 1 N–H and O–H groups in total. The van der Waals surface area contributed by atoms with Crippen molar-refractivity contribution in [2.75, 3.05) is 40.3 Å². The molecule has 0 bridgehead atoms. The second-order valence-corrected chi connectivity index (χ2v) is 7.02. The first kappa shape index (κ1) is 15.0. The lowest BCUT2D eigenvalue weighted by atomic mass is 10.0. The molecule has 2 rings (SSSR count). The van der Waals surface area contributed by atoms with E-state index in [0.29, 0.717) is 18.0 Å². The van der Waals surface area contributed by atoms with Crippen molar-refractivity contribution in [2.45, 2.75) is 25.9 Å². The predicted molar refractivity (Wildman–Crippen MR) is 83.8 cm³/mol. The molecule has 4 heteroatoms. The van der Waals surface area contributed by atoms with Gasteiger partial charge >= 0.3 is 0 Å². The van der Waals surface area contributed by atoms with Gasteiger partial charge in [0.05, 0.1) is 0 Å². The Bertz CT molecular complexity index is 363. The second-order valence-electron chi connectivity index (χ2n) is 6.04. The minimum absolute atomic E-state index is 0.487. The molecule has 1 fully saturated rings. The molecule has 3 nitrogen and oxygen atoms in total. The van der Waals surface area contributed by atoms with Gasteiger partial charge in [0, 0.05) is 43.1 Å². The molecule has 19 heavy (non-hydrogen) atoms. The van der Waals surface area contributed by atoms with Crippen molar-refractivity contribution < 1.29 is 0 Å². The summed E-state index contributed by atoms with van der Waals surface area (Å²) in [7, 11) is 4.47. The zero-order valence-corrected chi connectivity index (χ0v) is 13.4. The normalized spacial score (nSPS) is 23.9. The zero-order valence-electron chi connectivity index (χ0n) is 12.6. The molecule has 0 saturated carbocycles. The summed E-state index contributed by atoms with van der Waals surface area (Å²) in [5, 5.41) is 5.96. The molecule has 0 aromatic carbocycles. The molecule has 0 aliphatic carbocycles. The highest BCUT2D eigenvalue weighted by molar-refractivity contribution is 7.10. The third-order valence-corrected chi connectivity index (χ3v) is 5.03. The monoisotopic (exact) mass is 281 g/mol. The van der Waals surface area contributed by atoms with E-state index in [2.05, 4.69) is 60.6 Å². The van der Waals surface area contributed by atoms with E-state index in [9.17, 15) is 0 Å². The van der Waals surface area contributed by atoms with Gasteiger partial charge in [0.15, 0.2) is 0 Å². The summed E-state index contributed by atoms with van der Waals surface area (Å²) in [6.07, 6.45) is 0. The summed E-state index contributed by atoms with van der Waals surface area (Å²) in [6, 6.07) is 5.51. The summed E-state index contributed by atoms with van der Waals surface area (Å²) in [4.78, 5) is 6.38. The quantitative estimate of drug-likeness (QED) is 0.893. The van der Waals surface area contributed by atoms with E-state index in [0.717, 1.165) is 6.54 Å². The van der Waals surface area contributed by atoms with Crippen LogP contribution in [-0.4, -0.2) is 56.1 Å². The highest BCUT2D eigenvalue weighted by Crippen LogP contribution is 2.25. The van der Waals surface area contributed by atoms with Crippen LogP contribution >= 0.6 is 11.3 Å². The molecule has 2 atom stereocenters. The van der Waals surface area contributed by atoms with Gasteiger partial charge in [0.2, 0.25) is 0 Å². The number of nitrogens with one attached hydrogen (secondary N) is 1. The topological polar surface area (TPSA) is 18.5 Å². The lowest BCUT2D eigenvalue weighted by molar-refractivity contribution is 0.110. The minimum Gasteiger partial charge on any atom is -0.307 e. The average molecular weight is 281 g/mol. The van der Waals surface area contributed by atoms with Crippen LogP contribution in [0.2, 0.25) is 0 Å². The number of thiophene rings is 1. The van der Waals surface area contributed by atoms with E-state index in [1.165, 1.54) is 24.5 Å². The highest BCUT2D eigenvalue weighted by Gasteiger charge is 2.24. The van der Waals surface area contributed by atoms with Crippen LogP contribution in [0.4, 0.5) is 0 Å². The smallest absolute Gasteiger partial charge is 0.0438 e. The maximum Gasteiger partial charge on any atom is 0.0438 e. The van der Waals surface area contributed by atoms with Crippen molar-refractivity contribution in [1.82, 2.24) is 15.1 Å². The van der Waals surface area contributed by atoms with Gasteiger partial charge in [-0.05, 0) is 31.5 Å². The first-order chi connectivity index (χ1) is 9.08. The second kappa shape index (κ2) is 6.84. The Morgan fingerprint density at radius 2 is 2.16 bits per heavy atom. The number of hydrogen-bond acceptors (Lipinski definition) is 4. The zero-order chi connectivity index (χ0) is 13.8. The number of nitrogens with zero attached hydrogens (tertiary/aromatic N) is 2. The number of hydrogen-bond donors (Lipinski definition) is 1. The summed E-state index contributed by atoms with van der Waals surface area (Å²) < 4.78 is 0. The summed E-state index contributed by atoms with van der Waals surface area (Å²) in [5.41, 5.74) is 0. The molecule has 2 heterocycles. The van der Waals surface area contributed by atoms with Crippen molar-refractivity contribution in [1.29, 1.82) is 0 Å². The maximum atomic E-state index is 3.78. The van der Waals surface area contributed by atoms with Crippen LogP contribution in [0.15, 0.2) is 17.5 Å². The third-order valence-electron chi connectivity index (χ3n) is 4.07. The Labute approximate surface area is 121 Å². The first-order valence-corrected chi connectivity index (χ1v) is 8.11. The molecule has 0 amide bonds. The van der Waals surface area contributed by atoms with Crippen LogP contribution in [0, 0.1) is 5.92 Å². The molecule has 1 aromatic heterocycles. The van der Waals surface area contributed by atoms with Crippen molar-refractivity contribution in [2.24, 2.45) is 5.92 Å². The van der Waals surface area contributed by atoms with Gasteiger partial charge in [-0.3, -0.25) is 4.90 Å². The van der Waals surface area contributed by atoms with Crippen LogP contribution in [-0.2, 0) is 0 Å². The maximum absolute atomic E-state index is 3.78. The van der Waals surface area contributed by atoms with Gasteiger partial charge < -0.3 is 10.2 Å².